The zero-order valence-corrected chi connectivity index (χ0v) is 19.1. The maximum atomic E-state index is 12.5. The van der Waals surface area contributed by atoms with E-state index in [1.54, 1.807) is 0 Å². The predicted octanol–water partition coefficient (Wildman–Crippen LogP) is 0.158. The van der Waals surface area contributed by atoms with Crippen LogP contribution in [0.4, 0.5) is 0 Å². The summed E-state index contributed by atoms with van der Waals surface area (Å²) in [7, 11) is 0. The smallest absolute Gasteiger partial charge is 0.0946 e. The third kappa shape index (κ3) is 5.45. The van der Waals surface area contributed by atoms with Crippen molar-refractivity contribution in [1.82, 2.24) is 5.32 Å². The average Bonchev–Trinajstić information content (AvgIpc) is 2.52. The number of nitrogens with one attached hydrogen (secondary N) is 3. The molecule has 2 heterocycles. The summed E-state index contributed by atoms with van der Waals surface area (Å²) in [6, 6.07) is 0.211. The second-order valence-corrected chi connectivity index (χ2v) is 11.7. The van der Waals surface area contributed by atoms with Crippen LogP contribution in [-0.2, 0) is 4.74 Å². The van der Waals surface area contributed by atoms with Gasteiger partial charge in [-0.25, -0.2) is 0 Å². The van der Waals surface area contributed by atoms with Crippen LogP contribution in [0.1, 0.15) is 81.1 Å². The number of ether oxygens (including phenoxy) is 1. The summed E-state index contributed by atoms with van der Waals surface area (Å²) in [5.74, 6) is 0. The van der Waals surface area contributed by atoms with Crippen LogP contribution in [0.25, 0.3) is 0 Å². The van der Waals surface area contributed by atoms with Crippen molar-refractivity contribution in [1.29, 1.82) is 0 Å². The quantitative estimate of drug-likeness (QED) is 0.476. The second-order valence-electron chi connectivity index (χ2n) is 11.7. The maximum Gasteiger partial charge on any atom is 0.0946 e. The minimum absolute atomic E-state index is 0.0116. The van der Waals surface area contributed by atoms with Gasteiger partial charge in [-0.1, -0.05) is 0 Å². The van der Waals surface area contributed by atoms with Gasteiger partial charge in [0.2, 0.25) is 0 Å². The molecule has 2 saturated heterocycles. The first-order valence-corrected chi connectivity index (χ1v) is 10.7. The summed E-state index contributed by atoms with van der Waals surface area (Å²) in [4.78, 5) is 0. The van der Waals surface area contributed by atoms with Crippen molar-refractivity contribution < 1.29 is 20.0 Å². The third-order valence-corrected chi connectivity index (χ3v) is 6.61. The molecule has 0 aromatic rings. The molecule has 0 spiro atoms. The van der Waals surface area contributed by atoms with Crippen LogP contribution in [0, 0.1) is 10.4 Å². The Balaban J connectivity index is 1.81. The molecule has 0 bridgehead atoms. The summed E-state index contributed by atoms with van der Waals surface area (Å²) in [6.45, 7) is 16.7. The van der Waals surface area contributed by atoms with E-state index in [0.29, 0.717) is 29.5 Å². The Morgan fingerprint density at radius 2 is 1.25 bits per heavy atom. The molecule has 2 rings (SSSR count). The molecule has 4 N–H and O–H groups in total. The van der Waals surface area contributed by atoms with Crippen LogP contribution < -0.4 is 15.4 Å². The van der Waals surface area contributed by atoms with Gasteiger partial charge < -0.3 is 35.7 Å². The molecule has 7 heteroatoms. The Morgan fingerprint density at radius 3 is 1.68 bits per heavy atom. The first-order chi connectivity index (χ1) is 12.6. The molecule has 0 radical (unpaired) electrons. The lowest BCUT2D eigenvalue weighted by Crippen LogP contribution is -3.23. The van der Waals surface area contributed by atoms with Crippen molar-refractivity contribution in [3.05, 3.63) is 10.4 Å². The summed E-state index contributed by atoms with van der Waals surface area (Å²) in [5.41, 5.74) is -1.46. The zero-order valence-electron chi connectivity index (χ0n) is 19.1. The lowest BCUT2D eigenvalue weighted by atomic mass is 9.79. The van der Waals surface area contributed by atoms with Gasteiger partial charge in [-0.3, -0.25) is 0 Å². The number of aliphatic hydroxyl groups is 1. The van der Waals surface area contributed by atoms with Gasteiger partial charge in [-0.15, -0.1) is 0 Å². The minimum Gasteiger partial charge on any atom is -0.634 e. The van der Waals surface area contributed by atoms with Crippen molar-refractivity contribution in [3.63, 3.8) is 0 Å². The Labute approximate surface area is 171 Å². The Kier molecular flexibility index (Phi) is 6.94. The first-order valence-electron chi connectivity index (χ1n) is 10.7. The molecule has 1 atom stereocenters. The lowest BCUT2D eigenvalue weighted by Gasteiger charge is -2.54. The normalized spacial score (nSPS) is 37.4. The molecule has 2 aliphatic heterocycles. The molecule has 0 aromatic heterocycles. The van der Waals surface area contributed by atoms with Gasteiger partial charge in [0.05, 0.1) is 41.0 Å². The van der Waals surface area contributed by atoms with Gasteiger partial charge in [-0.05, 0) is 55.4 Å². The topological polar surface area (TPSA) is 96.5 Å². The van der Waals surface area contributed by atoms with Crippen LogP contribution in [0.15, 0.2) is 0 Å². The molecule has 0 amide bonds. The highest BCUT2D eigenvalue weighted by Gasteiger charge is 2.46. The van der Waals surface area contributed by atoms with Crippen molar-refractivity contribution >= 4 is 0 Å². The van der Waals surface area contributed by atoms with Crippen molar-refractivity contribution in [2.75, 3.05) is 13.2 Å². The van der Waals surface area contributed by atoms with Gasteiger partial charge in [0.15, 0.2) is 0 Å². The summed E-state index contributed by atoms with van der Waals surface area (Å²) in [5, 5.41) is 39.5. The Bertz CT molecular complexity index is 454. The highest BCUT2D eigenvalue weighted by atomic mass is 16.5. The fourth-order valence-electron chi connectivity index (χ4n) is 5.59. The number of hydroxylamine groups is 4. The fourth-order valence-corrected chi connectivity index (χ4v) is 5.59. The van der Waals surface area contributed by atoms with E-state index in [9.17, 15) is 15.5 Å². The summed E-state index contributed by atoms with van der Waals surface area (Å²) >= 11 is 0. The van der Waals surface area contributed by atoms with Crippen LogP contribution >= 0.6 is 0 Å². The molecule has 1 unspecified atom stereocenters. The van der Waals surface area contributed by atoms with Gasteiger partial charge in [0.1, 0.15) is 0 Å². The zero-order chi connectivity index (χ0) is 21.5. The lowest BCUT2D eigenvalue weighted by molar-refractivity contribution is -0.956. The largest absolute Gasteiger partial charge is 0.634 e. The molecule has 0 aliphatic carbocycles. The first kappa shape index (κ1) is 24.0. The van der Waals surface area contributed by atoms with E-state index in [-0.39, 0.29) is 40.9 Å². The van der Waals surface area contributed by atoms with E-state index in [4.69, 9.17) is 4.74 Å². The van der Waals surface area contributed by atoms with Gasteiger partial charge in [0, 0.05) is 38.3 Å². The molecule has 2 aliphatic rings. The van der Waals surface area contributed by atoms with E-state index in [0.717, 1.165) is 12.8 Å². The number of quaternary nitrogens is 2. The van der Waals surface area contributed by atoms with E-state index < -0.39 is 6.10 Å². The SMILES string of the molecule is CC1(C)CC(NCC(O)COC2CC(C)(C)[NH+]([O-])C(C)(C)C2)CC(C)(C)[NH+]1[O-]. The predicted molar refractivity (Wildman–Crippen MR) is 111 cm³/mol. The molecule has 2 fully saturated rings. The monoisotopic (exact) mass is 401 g/mol. The maximum absolute atomic E-state index is 12.5. The van der Waals surface area contributed by atoms with Crippen LogP contribution in [0.2, 0.25) is 0 Å². The van der Waals surface area contributed by atoms with Crippen molar-refractivity contribution in [3.8, 4) is 0 Å². The molecule has 166 valence electrons. The van der Waals surface area contributed by atoms with Gasteiger partial charge >= 0.3 is 0 Å². The number of piperidine rings is 2. The van der Waals surface area contributed by atoms with Crippen LogP contribution in [0.3, 0.4) is 0 Å². The second kappa shape index (κ2) is 8.10. The van der Waals surface area contributed by atoms with Crippen LogP contribution in [0.5, 0.6) is 0 Å². The highest BCUT2D eigenvalue weighted by molar-refractivity contribution is 4.91. The molecule has 28 heavy (non-hydrogen) atoms. The van der Waals surface area contributed by atoms with Crippen LogP contribution in [-0.4, -0.2) is 58.7 Å². The van der Waals surface area contributed by atoms with E-state index in [1.807, 2.05) is 55.4 Å². The summed E-state index contributed by atoms with van der Waals surface area (Å²) in [6.07, 6.45) is 2.35. The molecule has 0 aromatic carbocycles. The standard InChI is InChI=1S/C21H43N3O4/c1-18(2)9-15(10-19(3,4)23(18)26)22-13-16(25)14-28-17-11-20(5,6)24(27)21(7,8)12-17/h15-17,22-25H,9-14H2,1-8H3. The van der Waals surface area contributed by atoms with Crippen molar-refractivity contribution in [2.45, 2.75) is 121 Å². The Hall–Kier alpha value is -0.280. The van der Waals surface area contributed by atoms with Gasteiger partial charge in [0.25, 0.3) is 0 Å². The van der Waals surface area contributed by atoms with E-state index in [1.165, 1.54) is 0 Å². The van der Waals surface area contributed by atoms with Crippen molar-refractivity contribution in [2.24, 2.45) is 0 Å². The number of hydrogen-bond donors (Lipinski definition) is 4. The number of rotatable bonds is 6. The average molecular weight is 402 g/mol. The third-order valence-electron chi connectivity index (χ3n) is 6.61. The molecule has 7 nitrogen and oxygen atoms in total. The van der Waals surface area contributed by atoms with E-state index >= 15 is 0 Å². The fraction of sp³-hybridized carbons (Fsp3) is 1.00. The van der Waals surface area contributed by atoms with E-state index in [2.05, 4.69) is 5.32 Å². The Morgan fingerprint density at radius 1 is 0.857 bits per heavy atom. The number of aliphatic hydroxyl groups excluding tert-OH is 1. The summed E-state index contributed by atoms with van der Waals surface area (Å²) < 4.78 is 6.01. The van der Waals surface area contributed by atoms with Gasteiger partial charge in [-0.2, -0.15) is 0 Å². The molecular weight excluding hydrogens is 358 g/mol. The minimum atomic E-state index is -0.604. The molecular formula is C21H43N3O4. The number of hydrogen-bond acceptors (Lipinski definition) is 5. The highest BCUT2D eigenvalue weighted by Crippen LogP contribution is 2.26. The molecule has 0 saturated carbocycles.